The monoisotopic (exact) mass is 416 g/mol. The van der Waals surface area contributed by atoms with Crippen LogP contribution in [0.15, 0.2) is 18.2 Å². The van der Waals surface area contributed by atoms with Gasteiger partial charge in [0.1, 0.15) is 11.6 Å². The molecule has 0 radical (unpaired) electrons. The molecular formula is C23H33ClN4O. The first-order valence-electron chi connectivity index (χ1n) is 11.0. The van der Waals surface area contributed by atoms with Crippen molar-refractivity contribution >= 4 is 34.2 Å². The van der Waals surface area contributed by atoms with Crippen LogP contribution in [0.25, 0.3) is 10.9 Å². The van der Waals surface area contributed by atoms with Gasteiger partial charge in [-0.2, -0.15) is 0 Å². The van der Waals surface area contributed by atoms with Crippen molar-refractivity contribution in [2.45, 2.75) is 84.2 Å². The lowest BCUT2D eigenvalue weighted by atomic mass is 9.93. The van der Waals surface area contributed by atoms with Gasteiger partial charge in [0.2, 0.25) is 5.91 Å². The van der Waals surface area contributed by atoms with Crippen LogP contribution in [0.5, 0.6) is 0 Å². The zero-order valence-corrected chi connectivity index (χ0v) is 18.6. The lowest BCUT2D eigenvalue weighted by Gasteiger charge is -2.36. The predicted molar refractivity (Wildman–Crippen MR) is 121 cm³/mol. The number of fused-ring (bicyclic) bond motifs is 1. The van der Waals surface area contributed by atoms with E-state index in [2.05, 4.69) is 29.0 Å². The summed E-state index contributed by atoms with van der Waals surface area (Å²) in [5.74, 6) is 1.88. The van der Waals surface area contributed by atoms with Crippen LogP contribution < -0.4 is 10.2 Å². The maximum absolute atomic E-state index is 12.5. The Labute approximate surface area is 179 Å². The number of hydrogen-bond acceptors (Lipinski definition) is 4. The van der Waals surface area contributed by atoms with Crippen LogP contribution in [-0.4, -0.2) is 34.5 Å². The standard InChI is InChI=1S/C23H33ClN4O/c1-4-16(3)25-22(29)13-14-28(18-9-7-6-8-10-18)23-19-12-11-17(24)15-20(19)26-21(5-2)27-23/h11-12,15-16,18H,4-10,13-14H2,1-3H3,(H,25,29)/t16-/m0/s1. The van der Waals surface area contributed by atoms with E-state index < -0.39 is 0 Å². The summed E-state index contributed by atoms with van der Waals surface area (Å²) in [6.07, 6.45) is 8.23. The second-order valence-electron chi connectivity index (χ2n) is 8.09. The molecule has 0 unspecified atom stereocenters. The molecule has 1 aromatic carbocycles. The van der Waals surface area contributed by atoms with E-state index in [0.29, 0.717) is 24.0 Å². The highest BCUT2D eigenvalue weighted by atomic mass is 35.5. The second-order valence-corrected chi connectivity index (χ2v) is 8.53. The van der Waals surface area contributed by atoms with Crippen LogP contribution in [0.4, 0.5) is 5.82 Å². The highest BCUT2D eigenvalue weighted by molar-refractivity contribution is 6.31. The lowest BCUT2D eigenvalue weighted by molar-refractivity contribution is -0.121. The van der Waals surface area contributed by atoms with E-state index in [1.54, 1.807) is 0 Å². The normalized spacial score (nSPS) is 16.0. The van der Waals surface area contributed by atoms with Crippen molar-refractivity contribution in [1.29, 1.82) is 0 Å². The van der Waals surface area contributed by atoms with Crippen LogP contribution >= 0.6 is 11.6 Å². The van der Waals surface area contributed by atoms with Crippen molar-refractivity contribution in [3.63, 3.8) is 0 Å². The van der Waals surface area contributed by atoms with Crippen molar-refractivity contribution in [3.8, 4) is 0 Å². The first-order chi connectivity index (χ1) is 14.0. The van der Waals surface area contributed by atoms with E-state index in [1.165, 1.54) is 19.3 Å². The molecule has 0 bridgehead atoms. The fourth-order valence-electron chi connectivity index (χ4n) is 4.04. The van der Waals surface area contributed by atoms with Gasteiger partial charge in [-0.15, -0.1) is 0 Å². The van der Waals surface area contributed by atoms with Crippen LogP contribution in [-0.2, 0) is 11.2 Å². The minimum Gasteiger partial charge on any atom is -0.354 e. The van der Waals surface area contributed by atoms with Crippen LogP contribution in [0.3, 0.4) is 0 Å². The predicted octanol–water partition coefficient (Wildman–Crippen LogP) is 5.29. The van der Waals surface area contributed by atoms with Crippen LogP contribution in [0, 0.1) is 0 Å². The minimum absolute atomic E-state index is 0.109. The number of halogens is 1. The molecule has 29 heavy (non-hydrogen) atoms. The lowest BCUT2D eigenvalue weighted by Crippen LogP contribution is -2.41. The van der Waals surface area contributed by atoms with Crippen molar-refractivity contribution in [2.24, 2.45) is 0 Å². The van der Waals surface area contributed by atoms with E-state index in [9.17, 15) is 4.79 Å². The maximum atomic E-state index is 12.5. The molecule has 2 aromatic rings. The fourth-order valence-corrected chi connectivity index (χ4v) is 4.20. The molecule has 1 N–H and O–H groups in total. The Bertz CT molecular complexity index is 835. The summed E-state index contributed by atoms with van der Waals surface area (Å²) < 4.78 is 0. The Kier molecular flexibility index (Phi) is 7.70. The molecule has 1 saturated carbocycles. The zero-order chi connectivity index (χ0) is 20.8. The summed E-state index contributed by atoms with van der Waals surface area (Å²) in [5.41, 5.74) is 0.879. The molecule has 3 rings (SSSR count). The molecule has 1 fully saturated rings. The van der Waals surface area contributed by atoms with Gasteiger partial charge in [0.25, 0.3) is 0 Å². The fraction of sp³-hybridized carbons (Fsp3) is 0.609. The summed E-state index contributed by atoms with van der Waals surface area (Å²) in [5, 5.41) is 4.79. The molecule has 1 aliphatic carbocycles. The number of hydrogen-bond donors (Lipinski definition) is 1. The van der Waals surface area contributed by atoms with Crippen molar-refractivity contribution in [2.75, 3.05) is 11.4 Å². The van der Waals surface area contributed by atoms with Crippen LogP contribution in [0.2, 0.25) is 5.02 Å². The molecular weight excluding hydrogens is 384 g/mol. The van der Waals surface area contributed by atoms with Crippen molar-refractivity contribution in [3.05, 3.63) is 29.0 Å². The summed E-state index contributed by atoms with van der Waals surface area (Å²) in [4.78, 5) is 24.4. The Hall–Kier alpha value is -1.88. The summed E-state index contributed by atoms with van der Waals surface area (Å²) in [7, 11) is 0. The van der Waals surface area contributed by atoms with Crippen LogP contribution in [0.1, 0.15) is 71.5 Å². The van der Waals surface area contributed by atoms with Gasteiger partial charge in [-0.1, -0.05) is 44.7 Å². The number of anilines is 1. The van der Waals surface area contributed by atoms with E-state index in [1.807, 2.05) is 25.1 Å². The minimum atomic E-state index is 0.109. The molecule has 1 heterocycles. The second kappa shape index (κ2) is 10.2. The Balaban J connectivity index is 1.94. The quantitative estimate of drug-likeness (QED) is 0.635. The van der Waals surface area contributed by atoms with Crippen molar-refractivity contribution < 1.29 is 4.79 Å². The van der Waals surface area contributed by atoms with E-state index in [4.69, 9.17) is 16.6 Å². The van der Waals surface area contributed by atoms with Gasteiger partial charge in [-0.25, -0.2) is 9.97 Å². The highest BCUT2D eigenvalue weighted by Crippen LogP contribution is 2.32. The molecule has 1 aliphatic rings. The summed E-state index contributed by atoms with van der Waals surface area (Å²) in [6, 6.07) is 6.45. The number of nitrogens with zero attached hydrogens (tertiary/aromatic N) is 3. The zero-order valence-electron chi connectivity index (χ0n) is 17.9. The topological polar surface area (TPSA) is 58.1 Å². The number of nitrogens with one attached hydrogen (secondary N) is 1. The SMILES string of the molecule is CCc1nc(N(CCC(=O)N[C@@H](C)CC)C2CCCCC2)c2ccc(Cl)cc2n1. The molecule has 1 amide bonds. The average molecular weight is 417 g/mol. The largest absolute Gasteiger partial charge is 0.354 e. The van der Waals surface area contributed by atoms with Gasteiger partial charge in [-0.05, 0) is 44.4 Å². The van der Waals surface area contributed by atoms with E-state index in [0.717, 1.165) is 48.2 Å². The van der Waals surface area contributed by atoms with Gasteiger partial charge in [-0.3, -0.25) is 4.79 Å². The Morgan fingerprint density at radius 3 is 2.69 bits per heavy atom. The molecule has 0 spiro atoms. The number of carbonyl (C=O) groups is 1. The summed E-state index contributed by atoms with van der Waals surface area (Å²) >= 11 is 6.23. The van der Waals surface area contributed by atoms with Gasteiger partial charge in [0.15, 0.2) is 0 Å². The third kappa shape index (κ3) is 5.59. The number of rotatable bonds is 8. The number of benzene rings is 1. The van der Waals surface area contributed by atoms with Gasteiger partial charge in [0, 0.05) is 41.9 Å². The first kappa shape index (κ1) is 21.8. The molecule has 1 aromatic heterocycles. The maximum Gasteiger partial charge on any atom is 0.221 e. The number of amides is 1. The molecule has 0 aliphatic heterocycles. The molecule has 0 saturated heterocycles. The number of carbonyl (C=O) groups excluding carboxylic acids is 1. The average Bonchev–Trinajstić information content (AvgIpc) is 2.73. The Morgan fingerprint density at radius 2 is 2.00 bits per heavy atom. The van der Waals surface area contributed by atoms with Crippen molar-refractivity contribution in [1.82, 2.24) is 15.3 Å². The third-order valence-corrected chi connectivity index (χ3v) is 6.12. The van der Waals surface area contributed by atoms with Gasteiger partial charge >= 0.3 is 0 Å². The summed E-state index contributed by atoms with van der Waals surface area (Å²) in [6.45, 7) is 6.88. The molecule has 6 heteroatoms. The Morgan fingerprint density at radius 1 is 1.24 bits per heavy atom. The molecule has 1 atom stereocenters. The van der Waals surface area contributed by atoms with Gasteiger partial charge < -0.3 is 10.2 Å². The third-order valence-electron chi connectivity index (χ3n) is 5.89. The number of aromatic nitrogens is 2. The highest BCUT2D eigenvalue weighted by Gasteiger charge is 2.25. The van der Waals surface area contributed by atoms with E-state index in [-0.39, 0.29) is 11.9 Å². The smallest absolute Gasteiger partial charge is 0.221 e. The van der Waals surface area contributed by atoms with E-state index >= 15 is 0 Å². The first-order valence-corrected chi connectivity index (χ1v) is 11.4. The molecule has 5 nitrogen and oxygen atoms in total. The molecule has 158 valence electrons. The number of aryl methyl sites for hydroxylation is 1. The van der Waals surface area contributed by atoms with Gasteiger partial charge in [0.05, 0.1) is 5.52 Å².